The van der Waals surface area contributed by atoms with Gasteiger partial charge in [0.1, 0.15) is 5.82 Å². The number of benzene rings is 2. The van der Waals surface area contributed by atoms with E-state index in [1.165, 1.54) is 6.07 Å². The van der Waals surface area contributed by atoms with E-state index in [0.717, 1.165) is 10.9 Å². The lowest BCUT2D eigenvalue weighted by Gasteiger charge is -2.44. The molecule has 0 saturated carbocycles. The lowest BCUT2D eigenvalue weighted by molar-refractivity contribution is 0.102. The molecule has 1 N–H and O–H groups in total. The van der Waals surface area contributed by atoms with Crippen molar-refractivity contribution in [3.8, 4) is 11.1 Å². The molecular weight excluding hydrogens is 521 g/mol. The number of hydrogen-bond donors (Lipinski definition) is 1. The first kappa shape index (κ1) is 27.0. The Balaban J connectivity index is 1.38. The molecule has 1 amide bonds. The van der Waals surface area contributed by atoms with Gasteiger partial charge in [0.05, 0.1) is 35.7 Å². The van der Waals surface area contributed by atoms with Crippen molar-refractivity contribution in [1.29, 1.82) is 0 Å². The maximum atomic E-state index is 15.8. The standard InChI is InChI=1S/C31H34FN7O2/c1-20-18-39(19-21(2)37(20)3)29-15-26(32)25(22-16-34-31(35-17-22)38-10-12-41-13-11-38)14-28(29)36-30(40)24-8-9-33-27-7-5-4-6-23(24)27/h4-9,14-17,20-21H,10-13,18-19H2,1-3H3,(H,36,40)/t20-,21+. The van der Waals surface area contributed by atoms with Crippen LogP contribution in [0, 0.1) is 5.82 Å². The second-order valence-electron chi connectivity index (χ2n) is 10.8. The quantitative estimate of drug-likeness (QED) is 0.387. The Morgan fingerprint density at radius 1 is 0.976 bits per heavy atom. The molecule has 10 heteroatoms. The number of halogens is 1. The highest BCUT2D eigenvalue weighted by Crippen LogP contribution is 2.36. The highest BCUT2D eigenvalue weighted by molar-refractivity contribution is 6.13. The van der Waals surface area contributed by atoms with Crippen LogP contribution in [-0.4, -0.2) is 84.3 Å². The SMILES string of the molecule is C[C@@H]1CN(c2cc(F)c(-c3cnc(N4CCOCC4)nc3)cc2NC(=O)c2ccnc3ccccc23)C[C@H](C)N1C. The summed E-state index contributed by atoms with van der Waals surface area (Å²) in [5.74, 6) is -0.0848. The van der Waals surface area contributed by atoms with E-state index >= 15 is 4.39 Å². The molecule has 2 aliphatic heterocycles. The summed E-state index contributed by atoms with van der Waals surface area (Å²) in [6.07, 6.45) is 4.90. The Bertz CT molecular complexity index is 1540. The van der Waals surface area contributed by atoms with Crippen molar-refractivity contribution in [2.75, 3.05) is 61.6 Å². The van der Waals surface area contributed by atoms with Gasteiger partial charge >= 0.3 is 0 Å². The van der Waals surface area contributed by atoms with Crippen molar-refractivity contribution < 1.29 is 13.9 Å². The molecule has 6 rings (SSSR count). The molecule has 0 aliphatic carbocycles. The van der Waals surface area contributed by atoms with Gasteiger partial charge in [0.25, 0.3) is 5.91 Å². The van der Waals surface area contributed by atoms with E-state index in [-0.39, 0.29) is 18.0 Å². The largest absolute Gasteiger partial charge is 0.378 e. The van der Waals surface area contributed by atoms with Crippen LogP contribution in [0.15, 0.2) is 61.1 Å². The molecule has 2 aliphatic rings. The smallest absolute Gasteiger partial charge is 0.256 e. The third-order valence-electron chi connectivity index (χ3n) is 8.17. The number of piperazine rings is 1. The molecule has 4 heterocycles. The predicted octanol–water partition coefficient (Wildman–Crippen LogP) is 4.45. The van der Waals surface area contributed by atoms with E-state index in [4.69, 9.17) is 4.74 Å². The molecule has 2 aromatic carbocycles. The van der Waals surface area contributed by atoms with Gasteiger partial charge in [-0.05, 0) is 45.2 Å². The number of anilines is 3. The second kappa shape index (κ2) is 11.4. The van der Waals surface area contributed by atoms with Crippen LogP contribution in [0.25, 0.3) is 22.0 Å². The molecule has 9 nitrogen and oxygen atoms in total. The third kappa shape index (κ3) is 5.45. The minimum atomic E-state index is -0.394. The summed E-state index contributed by atoms with van der Waals surface area (Å²) >= 11 is 0. The first-order valence-corrected chi connectivity index (χ1v) is 14.0. The van der Waals surface area contributed by atoms with Gasteiger partial charge in [0.2, 0.25) is 5.95 Å². The number of morpholine rings is 1. The van der Waals surface area contributed by atoms with Crippen molar-refractivity contribution in [3.05, 3.63) is 72.4 Å². The number of nitrogens with one attached hydrogen (secondary N) is 1. The van der Waals surface area contributed by atoms with Crippen LogP contribution in [0.2, 0.25) is 0 Å². The van der Waals surface area contributed by atoms with Gasteiger partial charge in [-0.3, -0.25) is 14.7 Å². The fourth-order valence-electron chi connectivity index (χ4n) is 5.62. The summed E-state index contributed by atoms with van der Waals surface area (Å²) in [6.45, 7) is 8.40. The normalized spacial score (nSPS) is 19.9. The van der Waals surface area contributed by atoms with Gasteiger partial charge in [0, 0.05) is 73.4 Å². The average molecular weight is 556 g/mol. The van der Waals surface area contributed by atoms with E-state index in [0.29, 0.717) is 73.4 Å². The third-order valence-corrected chi connectivity index (χ3v) is 8.17. The number of para-hydroxylation sites is 1. The number of carbonyl (C=O) groups is 1. The number of rotatable bonds is 5. The monoisotopic (exact) mass is 555 g/mol. The number of nitrogens with zero attached hydrogens (tertiary/aromatic N) is 6. The molecule has 2 saturated heterocycles. The van der Waals surface area contributed by atoms with Gasteiger partial charge in [-0.25, -0.2) is 14.4 Å². The van der Waals surface area contributed by atoms with E-state index in [1.807, 2.05) is 29.2 Å². The first-order valence-electron chi connectivity index (χ1n) is 14.0. The topological polar surface area (TPSA) is 86.7 Å². The highest BCUT2D eigenvalue weighted by Gasteiger charge is 2.29. The van der Waals surface area contributed by atoms with Crippen molar-refractivity contribution >= 4 is 34.1 Å². The molecule has 2 atom stereocenters. The average Bonchev–Trinajstić information content (AvgIpc) is 3.00. The van der Waals surface area contributed by atoms with Crippen LogP contribution in [0.4, 0.5) is 21.7 Å². The van der Waals surface area contributed by atoms with Crippen LogP contribution in [0.3, 0.4) is 0 Å². The minimum Gasteiger partial charge on any atom is -0.378 e. The lowest BCUT2D eigenvalue weighted by Crippen LogP contribution is -2.55. The summed E-state index contributed by atoms with van der Waals surface area (Å²) in [6, 6.07) is 13.0. The van der Waals surface area contributed by atoms with E-state index < -0.39 is 5.82 Å². The van der Waals surface area contributed by atoms with Crippen molar-refractivity contribution in [2.24, 2.45) is 0 Å². The maximum absolute atomic E-state index is 15.8. The molecule has 41 heavy (non-hydrogen) atoms. The zero-order valence-corrected chi connectivity index (χ0v) is 23.5. The lowest BCUT2D eigenvalue weighted by atomic mass is 10.0. The Hall–Kier alpha value is -4.15. The van der Waals surface area contributed by atoms with E-state index in [9.17, 15) is 4.79 Å². The molecular formula is C31H34FN7O2. The van der Waals surface area contributed by atoms with Gasteiger partial charge in [0.15, 0.2) is 0 Å². The van der Waals surface area contributed by atoms with Crippen LogP contribution in [0.1, 0.15) is 24.2 Å². The Labute approximate surface area is 239 Å². The van der Waals surface area contributed by atoms with Gasteiger partial charge in [-0.2, -0.15) is 0 Å². The molecule has 0 radical (unpaired) electrons. The van der Waals surface area contributed by atoms with Crippen molar-refractivity contribution in [2.45, 2.75) is 25.9 Å². The number of hydrogen-bond acceptors (Lipinski definition) is 8. The number of carbonyl (C=O) groups excluding carboxylic acids is 1. The highest BCUT2D eigenvalue weighted by atomic mass is 19.1. The molecule has 4 aromatic rings. The number of fused-ring (bicyclic) bond motifs is 1. The summed E-state index contributed by atoms with van der Waals surface area (Å²) in [5, 5.41) is 3.86. The summed E-state index contributed by atoms with van der Waals surface area (Å²) < 4.78 is 21.2. The Morgan fingerprint density at radius 3 is 2.41 bits per heavy atom. The number of amides is 1. The number of ether oxygens (including phenoxy) is 1. The molecule has 0 spiro atoms. The Kier molecular flexibility index (Phi) is 7.51. The van der Waals surface area contributed by atoms with Crippen molar-refractivity contribution in [1.82, 2.24) is 19.9 Å². The van der Waals surface area contributed by atoms with E-state index in [1.54, 1.807) is 30.7 Å². The van der Waals surface area contributed by atoms with Crippen LogP contribution in [0.5, 0.6) is 0 Å². The molecule has 2 aromatic heterocycles. The maximum Gasteiger partial charge on any atom is 0.256 e. The van der Waals surface area contributed by atoms with Gasteiger partial charge < -0.3 is 19.9 Å². The van der Waals surface area contributed by atoms with Gasteiger partial charge in [-0.15, -0.1) is 0 Å². The Morgan fingerprint density at radius 2 is 1.68 bits per heavy atom. The number of aromatic nitrogens is 3. The summed E-state index contributed by atoms with van der Waals surface area (Å²) in [5.41, 5.74) is 3.29. The molecule has 0 unspecified atom stereocenters. The second-order valence-corrected chi connectivity index (χ2v) is 10.8. The first-order chi connectivity index (χ1) is 19.9. The van der Waals surface area contributed by atoms with Crippen LogP contribution in [-0.2, 0) is 4.74 Å². The van der Waals surface area contributed by atoms with Gasteiger partial charge in [-0.1, -0.05) is 18.2 Å². The number of pyridine rings is 1. The van der Waals surface area contributed by atoms with Crippen LogP contribution >= 0.6 is 0 Å². The molecule has 0 bridgehead atoms. The fraction of sp³-hybridized carbons (Fsp3) is 0.355. The zero-order chi connectivity index (χ0) is 28.5. The van der Waals surface area contributed by atoms with E-state index in [2.05, 4.69) is 51.0 Å². The molecule has 212 valence electrons. The van der Waals surface area contributed by atoms with Crippen LogP contribution < -0.4 is 15.1 Å². The predicted molar refractivity (Wildman–Crippen MR) is 159 cm³/mol. The number of likely N-dealkylation sites (N-methyl/N-ethyl adjacent to an activating group) is 1. The summed E-state index contributed by atoms with van der Waals surface area (Å²) in [7, 11) is 2.11. The fourth-order valence-corrected chi connectivity index (χ4v) is 5.62. The minimum absolute atomic E-state index is 0.260. The zero-order valence-electron chi connectivity index (χ0n) is 23.5. The molecule has 2 fully saturated rings. The summed E-state index contributed by atoms with van der Waals surface area (Å²) in [4.78, 5) is 33.6. The van der Waals surface area contributed by atoms with Crippen molar-refractivity contribution in [3.63, 3.8) is 0 Å².